The average Bonchev–Trinajstić information content (AvgIpc) is 3.44. The smallest absolute Gasteiger partial charge is 0.323 e. The van der Waals surface area contributed by atoms with Crippen LogP contribution in [0.4, 0.5) is 20.6 Å². The Bertz CT molecular complexity index is 1280. The number of H-pyrrole nitrogens is 1. The van der Waals surface area contributed by atoms with Gasteiger partial charge in [-0.2, -0.15) is 10.1 Å². The van der Waals surface area contributed by atoms with E-state index in [9.17, 15) is 9.18 Å². The van der Waals surface area contributed by atoms with Crippen LogP contribution in [0.2, 0.25) is 0 Å². The highest BCUT2D eigenvalue weighted by molar-refractivity contribution is 7.10. The molecule has 0 aliphatic heterocycles. The lowest BCUT2D eigenvalue weighted by Crippen LogP contribution is -2.20. The molecule has 0 saturated heterocycles. The molecular formula is C23H23FN6O2S. The number of aromatic amines is 1. The molecule has 4 rings (SSSR count). The minimum absolute atomic E-state index is 0.0205. The summed E-state index contributed by atoms with van der Waals surface area (Å²) in [6.45, 7) is 7.99. The van der Waals surface area contributed by atoms with Gasteiger partial charge in [0.05, 0.1) is 23.3 Å². The molecule has 170 valence electrons. The van der Waals surface area contributed by atoms with E-state index >= 15 is 0 Å². The molecule has 0 radical (unpaired) electrons. The average molecular weight is 467 g/mol. The number of amides is 2. The molecule has 0 aliphatic carbocycles. The van der Waals surface area contributed by atoms with Crippen molar-refractivity contribution < 1.29 is 13.9 Å². The quantitative estimate of drug-likeness (QED) is 0.329. The zero-order chi connectivity index (χ0) is 23.6. The molecule has 0 spiro atoms. The van der Waals surface area contributed by atoms with Gasteiger partial charge in [-0.25, -0.2) is 14.2 Å². The van der Waals surface area contributed by atoms with E-state index < -0.39 is 11.8 Å². The number of carbonyl (C=O) groups is 1. The molecule has 3 N–H and O–H groups in total. The monoisotopic (exact) mass is 466 g/mol. The van der Waals surface area contributed by atoms with Crippen molar-refractivity contribution in [3.8, 4) is 23.0 Å². The van der Waals surface area contributed by atoms with Crippen LogP contribution in [0.25, 0.3) is 11.3 Å². The summed E-state index contributed by atoms with van der Waals surface area (Å²) in [5.74, 6) is -0.259. The van der Waals surface area contributed by atoms with Gasteiger partial charge in [0.25, 0.3) is 0 Å². The van der Waals surface area contributed by atoms with Gasteiger partial charge in [-0.15, -0.1) is 11.3 Å². The van der Waals surface area contributed by atoms with Crippen LogP contribution in [0.5, 0.6) is 11.8 Å². The highest BCUT2D eigenvalue weighted by Crippen LogP contribution is 2.32. The van der Waals surface area contributed by atoms with Crippen LogP contribution in [-0.2, 0) is 5.41 Å². The van der Waals surface area contributed by atoms with Crippen molar-refractivity contribution in [2.75, 3.05) is 10.6 Å². The fourth-order valence-corrected chi connectivity index (χ4v) is 3.91. The van der Waals surface area contributed by atoms with Crippen molar-refractivity contribution in [1.29, 1.82) is 0 Å². The van der Waals surface area contributed by atoms with Crippen molar-refractivity contribution in [3.63, 3.8) is 0 Å². The molecule has 2 amide bonds. The molecule has 10 heteroatoms. The van der Waals surface area contributed by atoms with E-state index in [0.717, 1.165) is 10.4 Å². The van der Waals surface area contributed by atoms with Gasteiger partial charge in [-0.05, 0) is 36.1 Å². The Morgan fingerprint density at radius 3 is 2.73 bits per heavy atom. The minimum atomic E-state index is -0.580. The Balaban J connectivity index is 1.50. The fraction of sp³-hybridized carbons (Fsp3) is 0.217. The normalized spacial score (nSPS) is 11.3. The number of halogens is 1. The molecule has 3 aromatic heterocycles. The van der Waals surface area contributed by atoms with Gasteiger partial charge in [-0.3, -0.25) is 5.10 Å². The predicted molar refractivity (Wildman–Crippen MR) is 126 cm³/mol. The molecule has 0 atom stereocenters. The third kappa shape index (κ3) is 5.35. The molecule has 0 aliphatic rings. The highest BCUT2D eigenvalue weighted by Gasteiger charge is 2.18. The number of hydrogen-bond donors (Lipinski definition) is 3. The first kappa shape index (κ1) is 22.4. The summed E-state index contributed by atoms with van der Waals surface area (Å²) < 4.78 is 20.3. The number of nitrogens with one attached hydrogen (secondary N) is 3. The summed E-state index contributed by atoms with van der Waals surface area (Å²) in [4.78, 5) is 22.1. The molecule has 3 heterocycles. The zero-order valence-corrected chi connectivity index (χ0v) is 19.4. The third-order valence-corrected chi connectivity index (χ3v) is 6.09. The van der Waals surface area contributed by atoms with Gasteiger partial charge in [0, 0.05) is 34.3 Å². The van der Waals surface area contributed by atoms with Crippen molar-refractivity contribution in [3.05, 3.63) is 64.5 Å². The maximum atomic E-state index is 14.5. The second kappa shape index (κ2) is 8.99. The van der Waals surface area contributed by atoms with Crippen molar-refractivity contribution in [2.24, 2.45) is 0 Å². The lowest BCUT2D eigenvalue weighted by Gasteiger charge is -2.15. The Morgan fingerprint density at radius 2 is 2.03 bits per heavy atom. The van der Waals surface area contributed by atoms with E-state index in [1.165, 1.54) is 12.1 Å². The molecular weight excluding hydrogens is 443 g/mol. The van der Waals surface area contributed by atoms with Crippen molar-refractivity contribution in [2.45, 2.75) is 33.1 Å². The molecule has 0 bridgehead atoms. The molecule has 8 nitrogen and oxygen atoms in total. The maximum absolute atomic E-state index is 14.5. The molecule has 33 heavy (non-hydrogen) atoms. The molecule has 0 fully saturated rings. The van der Waals surface area contributed by atoms with E-state index in [4.69, 9.17) is 4.74 Å². The number of carbonyl (C=O) groups excluding carboxylic acids is 1. The number of nitrogens with zero attached hydrogens (tertiary/aromatic N) is 3. The maximum Gasteiger partial charge on any atom is 0.323 e. The van der Waals surface area contributed by atoms with Gasteiger partial charge in [0.2, 0.25) is 0 Å². The standard InChI is InChI=1S/C23H23FN6O2S/c1-13-7-16(24)18(29-21(31)28-15-8-20(33-12-15)23(2,3)4)9-19(13)32-22-25-6-5-17(30-22)14-10-26-27-11-14/h5-12H,1-4H3,(H,26,27)(H2,28,29,31). The number of benzene rings is 1. The highest BCUT2D eigenvalue weighted by atomic mass is 32.1. The van der Waals surface area contributed by atoms with E-state index in [1.807, 2.05) is 11.4 Å². The summed E-state index contributed by atoms with van der Waals surface area (Å²) in [7, 11) is 0. The van der Waals surface area contributed by atoms with Crippen LogP contribution >= 0.6 is 11.3 Å². The first-order valence-corrected chi connectivity index (χ1v) is 11.0. The molecule has 4 aromatic rings. The van der Waals surface area contributed by atoms with Gasteiger partial charge in [-0.1, -0.05) is 20.8 Å². The van der Waals surface area contributed by atoms with E-state index in [1.54, 1.807) is 42.9 Å². The van der Waals surface area contributed by atoms with Gasteiger partial charge >= 0.3 is 12.0 Å². The number of hydrogen-bond acceptors (Lipinski definition) is 6. The van der Waals surface area contributed by atoms with Gasteiger partial charge in [0.1, 0.15) is 11.6 Å². The second-order valence-corrected chi connectivity index (χ2v) is 9.35. The summed E-state index contributed by atoms with van der Waals surface area (Å²) in [5.41, 5.74) is 2.54. The summed E-state index contributed by atoms with van der Waals surface area (Å²) >= 11 is 1.56. The number of rotatable bonds is 5. The molecule has 0 saturated carbocycles. The number of thiophene rings is 1. The van der Waals surface area contributed by atoms with Crippen LogP contribution in [-0.4, -0.2) is 26.2 Å². The topological polar surface area (TPSA) is 105 Å². The van der Waals surface area contributed by atoms with Crippen molar-refractivity contribution >= 4 is 28.7 Å². The number of ether oxygens (including phenoxy) is 1. The summed E-state index contributed by atoms with van der Waals surface area (Å²) in [6, 6.07) is 5.86. The lowest BCUT2D eigenvalue weighted by molar-refractivity contribution is 0.262. The van der Waals surface area contributed by atoms with E-state index in [0.29, 0.717) is 22.7 Å². The molecule has 1 aromatic carbocycles. The minimum Gasteiger partial charge on any atom is -0.424 e. The predicted octanol–water partition coefficient (Wildman–Crippen LogP) is 6.11. The fourth-order valence-electron chi connectivity index (χ4n) is 2.98. The zero-order valence-electron chi connectivity index (χ0n) is 18.6. The number of anilines is 2. The summed E-state index contributed by atoms with van der Waals surface area (Å²) in [5, 5.41) is 13.8. The summed E-state index contributed by atoms with van der Waals surface area (Å²) in [6.07, 6.45) is 4.89. The third-order valence-electron chi connectivity index (χ3n) is 4.74. The van der Waals surface area contributed by atoms with E-state index in [2.05, 4.69) is 51.6 Å². The molecule has 0 unspecified atom stereocenters. The SMILES string of the molecule is Cc1cc(F)c(NC(=O)Nc2csc(C(C)(C)C)c2)cc1Oc1nccc(-c2cn[nH]c2)n1. The first-order chi connectivity index (χ1) is 15.7. The second-order valence-electron chi connectivity index (χ2n) is 8.44. The van der Waals surface area contributed by atoms with Crippen LogP contribution in [0, 0.1) is 12.7 Å². The van der Waals surface area contributed by atoms with Crippen LogP contribution in [0.1, 0.15) is 31.2 Å². The van der Waals surface area contributed by atoms with E-state index in [-0.39, 0.29) is 17.1 Å². The van der Waals surface area contributed by atoms with Crippen LogP contribution < -0.4 is 15.4 Å². The first-order valence-electron chi connectivity index (χ1n) is 10.2. The Hall–Kier alpha value is -3.79. The van der Waals surface area contributed by atoms with Crippen molar-refractivity contribution in [1.82, 2.24) is 20.2 Å². The van der Waals surface area contributed by atoms with Crippen LogP contribution in [0.15, 0.2) is 48.2 Å². The Kier molecular flexibility index (Phi) is 6.10. The number of urea groups is 1. The van der Waals surface area contributed by atoms with Gasteiger partial charge in [0.15, 0.2) is 0 Å². The van der Waals surface area contributed by atoms with Gasteiger partial charge < -0.3 is 15.4 Å². The number of aryl methyl sites for hydroxylation is 1. The van der Waals surface area contributed by atoms with Crippen LogP contribution in [0.3, 0.4) is 0 Å². The number of aromatic nitrogens is 4. The largest absolute Gasteiger partial charge is 0.424 e. The Morgan fingerprint density at radius 1 is 1.21 bits per heavy atom. The lowest BCUT2D eigenvalue weighted by atomic mass is 9.95. The Labute approximate surface area is 194 Å².